The first-order chi connectivity index (χ1) is 16.3. The van der Waals surface area contributed by atoms with Gasteiger partial charge in [-0.1, -0.05) is 24.2 Å². The minimum Gasteiger partial charge on any atom is -0.494 e. The molecule has 10 nitrogen and oxygen atoms in total. The van der Waals surface area contributed by atoms with Gasteiger partial charge in [0.05, 0.1) is 36.1 Å². The quantitative estimate of drug-likeness (QED) is 0.351. The number of rotatable bonds is 7. The summed E-state index contributed by atoms with van der Waals surface area (Å²) in [6.45, 7) is 4.55. The second-order valence-corrected chi connectivity index (χ2v) is 9.88. The molecule has 0 atom stereocenters. The average Bonchev–Trinajstić information content (AvgIpc) is 3.48. The van der Waals surface area contributed by atoms with E-state index in [9.17, 15) is 13.2 Å². The van der Waals surface area contributed by atoms with Gasteiger partial charge in [-0.2, -0.15) is 9.07 Å². The maximum absolute atomic E-state index is 13.6. The number of aromatic nitrogens is 5. The molecule has 176 valence electrons. The molecule has 5 rings (SSSR count). The van der Waals surface area contributed by atoms with Crippen LogP contribution in [-0.4, -0.2) is 38.5 Å². The van der Waals surface area contributed by atoms with E-state index in [-0.39, 0.29) is 17.0 Å². The Hall–Kier alpha value is -3.86. The number of imidazole rings is 1. The van der Waals surface area contributed by atoms with Crippen molar-refractivity contribution >= 4 is 32.0 Å². The highest BCUT2D eigenvalue weighted by Crippen LogP contribution is 2.27. The smallest absolute Gasteiger partial charge is 0.343 e. The zero-order valence-electron chi connectivity index (χ0n) is 18.9. The van der Waals surface area contributed by atoms with E-state index < -0.39 is 15.7 Å². The van der Waals surface area contributed by atoms with Gasteiger partial charge in [-0.3, -0.25) is 9.25 Å². The fourth-order valence-corrected chi connectivity index (χ4v) is 5.32. The highest BCUT2D eigenvalue weighted by Gasteiger charge is 2.27. The van der Waals surface area contributed by atoms with Crippen molar-refractivity contribution in [3.8, 4) is 5.75 Å². The van der Waals surface area contributed by atoms with Gasteiger partial charge in [0.25, 0.3) is 10.0 Å². The number of nitrogens with zero attached hydrogens (tertiary/aromatic N) is 5. The molecule has 0 amide bonds. The predicted octanol–water partition coefficient (Wildman–Crippen LogP) is 3.06. The van der Waals surface area contributed by atoms with E-state index in [0.717, 1.165) is 16.0 Å². The standard InChI is InChI=1S/C23H23N5O5S/c1-4-8-32-17-7-5-6-16(9-17)13-27-20-10-19-15(2)25-33-22(19)11-21(20)28(23(27)29)34(30,31)18-12-24-26(3)14-18/h5-7,9-12,14H,4,8,13H2,1-3H3. The maximum Gasteiger partial charge on any atom is 0.343 e. The lowest BCUT2D eigenvalue weighted by atomic mass is 10.2. The van der Waals surface area contributed by atoms with Crippen LogP contribution in [0.2, 0.25) is 0 Å². The Labute approximate surface area is 195 Å². The van der Waals surface area contributed by atoms with E-state index in [1.54, 1.807) is 20.0 Å². The van der Waals surface area contributed by atoms with Crippen LogP contribution in [0.15, 0.2) is 63.0 Å². The van der Waals surface area contributed by atoms with Crippen LogP contribution < -0.4 is 10.4 Å². The van der Waals surface area contributed by atoms with Gasteiger partial charge in [-0.25, -0.2) is 13.2 Å². The summed E-state index contributed by atoms with van der Waals surface area (Å²) in [7, 11) is -2.61. The molecule has 0 radical (unpaired) electrons. The van der Waals surface area contributed by atoms with Crippen molar-refractivity contribution in [2.45, 2.75) is 31.7 Å². The third-order valence-electron chi connectivity index (χ3n) is 5.59. The van der Waals surface area contributed by atoms with E-state index in [1.807, 2.05) is 31.2 Å². The molecule has 0 aliphatic carbocycles. The van der Waals surface area contributed by atoms with Gasteiger partial charge < -0.3 is 9.26 Å². The first-order valence-electron chi connectivity index (χ1n) is 10.8. The Morgan fingerprint density at radius 1 is 1.15 bits per heavy atom. The molecule has 2 aromatic carbocycles. The molecular weight excluding hydrogens is 458 g/mol. The summed E-state index contributed by atoms with van der Waals surface area (Å²) in [5.74, 6) is 0.691. The average molecular weight is 482 g/mol. The molecule has 3 heterocycles. The first kappa shape index (κ1) is 22.0. The summed E-state index contributed by atoms with van der Waals surface area (Å²) in [5, 5.41) is 8.64. The monoisotopic (exact) mass is 481 g/mol. The van der Waals surface area contributed by atoms with Gasteiger partial charge in [0.1, 0.15) is 10.6 Å². The molecule has 0 N–H and O–H groups in total. The van der Waals surface area contributed by atoms with Crippen molar-refractivity contribution in [1.29, 1.82) is 0 Å². The van der Waals surface area contributed by atoms with Crippen molar-refractivity contribution in [3.63, 3.8) is 0 Å². The SMILES string of the molecule is CCCOc1cccc(Cn2c(=O)n(S(=O)(=O)c3cnn(C)c3)c3cc4onc(C)c4cc32)c1. The molecule has 0 aliphatic heterocycles. The van der Waals surface area contributed by atoms with Crippen LogP contribution in [0, 0.1) is 6.92 Å². The van der Waals surface area contributed by atoms with E-state index >= 15 is 0 Å². The highest BCUT2D eigenvalue weighted by atomic mass is 32.2. The van der Waals surface area contributed by atoms with Gasteiger partial charge in [0.15, 0.2) is 5.58 Å². The number of hydrogen-bond acceptors (Lipinski definition) is 7. The van der Waals surface area contributed by atoms with Gasteiger partial charge in [0.2, 0.25) is 0 Å². The summed E-state index contributed by atoms with van der Waals surface area (Å²) in [6, 6.07) is 10.7. The molecule has 0 unspecified atom stereocenters. The van der Waals surface area contributed by atoms with Gasteiger partial charge in [0, 0.05) is 24.7 Å². The van der Waals surface area contributed by atoms with Crippen LogP contribution in [0.3, 0.4) is 0 Å². The number of hydrogen-bond donors (Lipinski definition) is 0. The van der Waals surface area contributed by atoms with Gasteiger partial charge in [-0.15, -0.1) is 0 Å². The molecule has 11 heteroatoms. The van der Waals surface area contributed by atoms with Crippen molar-refractivity contribution in [2.24, 2.45) is 7.05 Å². The second kappa shape index (κ2) is 8.17. The molecular formula is C23H23N5O5S. The fourth-order valence-electron chi connectivity index (χ4n) is 3.94. The zero-order valence-corrected chi connectivity index (χ0v) is 19.7. The predicted molar refractivity (Wildman–Crippen MR) is 126 cm³/mol. The van der Waals surface area contributed by atoms with E-state index in [4.69, 9.17) is 9.26 Å². The Bertz CT molecular complexity index is 1690. The number of aryl methyl sites for hydroxylation is 2. The molecule has 0 aliphatic rings. The molecule has 0 saturated heterocycles. The third kappa shape index (κ3) is 3.58. The first-order valence-corrected chi connectivity index (χ1v) is 12.2. The normalized spacial score (nSPS) is 12.1. The van der Waals surface area contributed by atoms with Crippen molar-refractivity contribution in [3.05, 3.63) is 70.5 Å². The minimum atomic E-state index is -4.22. The molecule has 5 aromatic rings. The van der Waals surface area contributed by atoms with Gasteiger partial charge >= 0.3 is 5.69 Å². The van der Waals surface area contributed by atoms with E-state index in [1.165, 1.54) is 27.7 Å². The summed E-state index contributed by atoms with van der Waals surface area (Å²) < 4.78 is 41.7. The third-order valence-corrected chi connectivity index (χ3v) is 7.23. The Morgan fingerprint density at radius 2 is 1.97 bits per heavy atom. The number of ether oxygens (including phenoxy) is 1. The summed E-state index contributed by atoms with van der Waals surface area (Å²) in [4.78, 5) is 13.5. The summed E-state index contributed by atoms with van der Waals surface area (Å²) in [5.41, 5.74) is 1.82. The van der Waals surface area contributed by atoms with Crippen LogP contribution in [-0.2, 0) is 23.6 Å². The van der Waals surface area contributed by atoms with Crippen LogP contribution in [0.5, 0.6) is 5.75 Å². The largest absolute Gasteiger partial charge is 0.494 e. The second-order valence-electron chi connectivity index (χ2n) is 8.09. The summed E-state index contributed by atoms with van der Waals surface area (Å²) >= 11 is 0. The highest BCUT2D eigenvalue weighted by molar-refractivity contribution is 7.90. The Morgan fingerprint density at radius 3 is 2.71 bits per heavy atom. The lowest BCUT2D eigenvalue weighted by molar-refractivity contribution is 0.317. The van der Waals surface area contributed by atoms with Crippen LogP contribution in [0.1, 0.15) is 24.6 Å². The number of benzene rings is 2. The van der Waals surface area contributed by atoms with Crippen molar-refractivity contribution < 1.29 is 17.7 Å². The molecule has 3 aromatic heterocycles. The fraction of sp³-hybridized carbons (Fsp3) is 0.261. The van der Waals surface area contributed by atoms with Crippen LogP contribution in [0.25, 0.3) is 22.0 Å². The minimum absolute atomic E-state index is 0.0834. The lowest BCUT2D eigenvalue weighted by Gasteiger charge is -2.08. The van der Waals surface area contributed by atoms with Crippen molar-refractivity contribution in [2.75, 3.05) is 6.61 Å². The Balaban J connectivity index is 1.73. The Kier molecular flexibility index (Phi) is 5.28. The topological polar surface area (TPSA) is 114 Å². The van der Waals surface area contributed by atoms with Crippen LogP contribution >= 0.6 is 0 Å². The van der Waals surface area contributed by atoms with Gasteiger partial charge in [-0.05, 0) is 37.1 Å². The molecule has 34 heavy (non-hydrogen) atoms. The molecule has 0 fully saturated rings. The van der Waals surface area contributed by atoms with E-state index in [0.29, 0.717) is 34.5 Å². The van der Waals surface area contributed by atoms with Crippen LogP contribution in [0.4, 0.5) is 0 Å². The lowest BCUT2D eigenvalue weighted by Crippen LogP contribution is -2.29. The zero-order chi connectivity index (χ0) is 24.0. The summed E-state index contributed by atoms with van der Waals surface area (Å²) in [6.07, 6.45) is 3.45. The maximum atomic E-state index is 13.6. The molecule has 0 spiro atoms. The molecule has 0 saturated carbocycles. The van der Waals surface area contributed by atoms with Crippen molar-refractivity contribution in [1.82, 2.24) is 23.5 Å². The van der Waals surface area contributed by atoms with E-state index in [2.05, 4.69) is 10.3 Å². The molecule has 0 bridgehead atoms. The number of fused-ring (bicyclic) bond motifs is 2.